The first-order valence-corrected chi connectivity index (χ1v) is 6.53. The molecule has 0 saturated carbocycles. The minimum absolute atomic E-state index is 0.00318. The van der Waals surface area contributed by atoms with Gasteiger partial charge in [0.15, 0.2) is 0 Å². The summed E-state index contributed by atoms with van der Waals surface area (Å²) in [5.41, 5.74) is 0.483. The highest BCUT2D eigenvalue weighted by molar-refractivity contribution is 5.88. The number of benzene rings is 1. The predicted octanol–water partition coefficient (Wildman–Crippen LogP) is 0.917. The van der Waals surface area contributed by atoms with Gasteiger partial charge in [0, 0.05) is 6.20 Å². The number of hydrogen-bond donors (Lipinski definition) is 2. The maximum Gasteiger partial charge on any atom is 0.337 e. The lowest BCUT2D eigenvalue weighted by Crippen LogP contribution is -2.16. The molecule has 3 aromatic rings. The van der Waals surface area contributed by atoms with Crippen molar-refractivity contribution in [2.24, 2.45) is 0 Å². The summed E-state index contributed by atoms with van der Waals surface area (Å²) >= 11 is 0. The molecule has 112 valence electrons. The van der Waals surface area contributed by atoms with Crippen LogP contribution in [0.15, 0.2) is 41.3 Å². The van der Waals surface area contributed by atoms with Crippen molar-refractivity contribution in [3.63, 3.8) is 0 Å². The summed E-state index contributed by atoms with van der Waals surface area (Å²) in [4.78, 5) is 27.9. The molecule has 22 heavy (non-hydrogen) atoms. The van der Waals surface area contributed by atoms with Gasteiger partial charge in [-0.15, -0.1) is 0 Å². The van der Waals surface area contributed by atoms with Gasteiger partial charge < -0.3 is 14.9 Å². The summed E-state index contributed by atoms with van der Waals surface area (Å²) in [6, 6.07) is 7.72. The molecule has 3 rings (SSSR count). The number of aromatic nitrogens is 2. The number of pyridine rings is 1. The Morgan fingerprint density at radius 3 is 2.82 bits per heavy atom. The standard InChI is InChI=1S/C15H12N2O5/c18-5-6-22-10-2-3-12-11(7-10)14(19)17-8-9(15(20)21)1-4-13(17)16-12/h1-4,7-8,18H,5-6H2,(H,20,21). The van der Waals surface area contributed by atoms with E-state index < -0.39 is 5.97 Å². The van der Waals surface area contributed by atoms with Crippen LogP contribution in [-0.2, 0) is 0 Å². The third kappa shape index (κ3) is 2.38. The highest BCUT2D eigenvalue weighted by atomic mass is 16.5. The topological polar surface area (TPSA) is 101 Å². The van der Waals surface area contributed by atoms with Gasteiger partial charge in [0.05, 0.1) is 23.1 Å². The molecular weight excluding hydrogens is 288 g/mol. The van der Waals surface area contributed by atoms with Crippen molar-refractivity contribution in [2.75, 3.05) is 13.2 Å². The molecule has 0 amide bonds. The maximum atomic E-state index is 12.5. The van der Waals surface area contributed by atoms with Crippen LogP contribution in [0.3, 0.4) is 0 Å². The van der Waals surface area contributed by atoms with Crippen LogP contribution >= 0.6 is 0 Å². The SMILES string of the molecule is O=C(O)c1ccc2nc3ccc(OCCO)cc3c(=O)n2c1. The smallest absolute Gasteiger partial charge is 0.337 e. The van der Waals surface area contributed by atoms with Crippen molar-refractivity contribution < 1.29 is 19.7 Å². The largest absolute Gasteiger partial charge is 0.491 e. The first-order valence-electron chi connectivity index (χ1n) is 6.53. The second kappa shape index (κ2) is 5.45. The molecule has 0 spiro atoms. The molecule has 0 aliphatic heterocycles. The first-order chi connectivity index (χ1) is 10.6. The number of hydrogen-bond acceptors (Lipinski definition) is 5. The van der Waals surface area contributed by atoms with E-state index in [2.05, 4.69) is 4.98 Å². The van der Waals surface area contributed by atoms with E-state index >= 15 is 0 Å². The van der Waals surface area contributed by atoms with Gasteiger partial charge >= 0.3 is 5.97 Å². The molecule has 0 saturated heterocycles. The fourth-order valence-electron chi connectivity index (χ4n) is 2.16. The van der Waals surface area contributed by atoms with Gasteiger partial charge in [0.1, 0.15) is 18.0 Å². The summed E-state index contributed by atoms with van der Waals surface area (Å²) in [7, 11) is 0. The Morgan fingerprint density at radius 1 is 1.27 bits per heavy atom. The van der Waals surface area contributed by atoms with E-state index in [0.717, 1.165) is 0 Å². The molecule has 2 aromatic heterocycles. The molecule has 0 aliphatic carbocycles. The number of aromatic carboxylic acids is 1. The van der Waals surface area contributed by atoms with E-state index in [-0.39, 0.29) is 24.3 Å². The van der Waals surface area contributed by atoms with Crippen LogP contribution < -0.4 is 10.3 Å². The van der Waals surface area contributed by atoms with E-state index in [1.807, 2.05) is 0 Å². The molecule has 0 aliphatic rings. The molecule has 7 nitrogen and oxygen atoms in total. The van der Waals surface area contributed by atoms with Gasteiger partial charge in [-0.2, -0.15) is 0 Å². The highest BCUT2D eigenvalue weighted by Crippen LogP contribution is 2.18. The van der Waals surface area contributed by atoms with E-state index in [4.69, 9.17) is 14.9 Å². The third-order valence-electron chi connectivity index (χ3n) is 3.19. The molecule has 2 heterocycles. The second-order valence-corrected chi connectivity index (χ2v) is 4.62. The summed E-state index contributed by atoms with van der Waals surface area (Å²) < 4.78 is 6.47. The fraction of sp³-hybridized carbons (Fsp3) is 0.133. The number of nitrogens with zero attached hydrogens (tertiary/aromatic N) is 2. The van der Waals surface area contributed by atoms with Gasteiger partial charge in [-0.3, -0.25) is 9.20 Å². The minimum atomic E-state index is -1.12. The minimum Gasteiger partial charge on any atom is -0.491 e. The third-order valence-corrected chi connectivity index (χ3v) is 3.19. The molecule has 0 unspecified atom stereocenters. The molecule has 0 atom stereocenters. The van der Waals surface area contributed by atoms with Crippen LogP contribution in [0.25, 0.3) is 16.6 Å². The molecule has 7 heteroatoms. The quantitative estimate of drug-likeness (QED) is 0.695. The Labute approximate surface area is 124 Å². The Hall–Kier alpha value is -2.93. The zero-order valence-electron chi connectivity index (χ0n) is 11.4. The number of aliphatic hydroxyl groups is 1. The van der Waals surface area contributed by atoms with Crippen LogP contribution in [0, 0.1) is 0 Å². The van der Waals surface area contributed by atoms with Crippen molar-refractivity contribution in [1.82, 2.24) is 9.38 Å². The van der Waals surface area contributed by atoms with Crippen molar-refractivity contribution in [3.05, 3.63) is 52.4 Å². The molecule has 0 fully saturated rings. The van der Waals surface area contributed by atoms with Crippen LogP contribution in [-0.4, -0.2) is 38.8 Å². The number of carbonyl (C=O) groups is 1. The van der Waals surface area contributed by atoms with Gasteiger partial charge in [-0.1, -0.05) is 0 Å². The van der Waals surface area contributed by atoms with Crippen molar-refractivity contribution >= 4 is 22.5 Å². The van der Waals surface area contributed by atoms with Gasteiger partial charge in [-0.25, -0.2) is 9.78 Å². The lowest BCUT2D eigenvalue weighted by Gasteiger charge is -2.07. The summed E-state index contributed by atoms with van der Waals surface area (Å²) in [5.74, 6) is -0.677. The normalized spacial score (nSPS) is 11.0. The summed E-state index contributed by atoms with van der Waals surface area (Å²) in [6.45, 7) is -0.00796. The van der Waals surface area contributed by atoms with Gasteiger partial charge in [0.2, 0.25) is 0 Å². The predicted molar refractivity (Wildman–Crippen MR) is 78.5 cm³/mol. The van der Waals surface area contributed by atoms with Crippen molar-refractivity contribution in [3.8, 4) is 5.75 Å². The zero-order valence-corrected chi connectivity index (χ0v) is 11.4. The molecule has 1 aromatic carbocycles. The van der Waals surface area contributed by atoms with Crippen LogP contribution in [0.2, 0.25) is 0 Å². The van der Waals surface area contributed by atoms with Crippen LogP contribution in [0.5, 0.6) is 5.75 Å². The molecular formula is C15H12N2O5. The van der Waals surface area contributed by atoms with E-state index in [0.29, 0.717) is 22.3 Å². The van der Waals surface area contributed by atoms with E-state index in [1.54, 1.807) is 12.1 Å². The first kappa shape index (κ1) is 14.0. The Bertz CT molecular complexity index is 932. The van der Waals surface area contributed by atoms with E-state index in [1.165, 1.54) is 28.8 Å². The molecule has 2 N–H and O–H groups in total. The number of rotatable bonds is 4. The number of fused-ring (bicyclic) bond motifs is 2. The number of carboxylic acids is 1. The van der Waals surface area contributed by atoms with Crippen LogP contribution in [0.4, 0.5) is 0 Å². The number of ether oxygens (including phenoxy) is 1. The average Bonchev–Trinajstić information content (AvgIpc) is 2.53. The van der Waals surface area contributed by atoms with E-state index in [9.17, 15) is 9.59 Å². The summed E-state index contributed by atoms with van der Waals surface area (Å²) in [5, 5.41) is 18.1. The zero-order chi connectivity index (χ0) is 15.7. The van der Waals surface area contributed by atoms with Gasteiger partial charge in [-0.05, 0) is 30.3 Å². The Morgan fingerprint density at radius 2 is 2.09 bits per heavy atom. The van der Waals surface area contributed by atoms with Crippen molar-refractivity contribution in [2.45, 2.75) is 0 Å². The second-order valence-electron chi connectivity index (χ2n) is 4.62. The molecule has 0 bridgehead atoms. The monoisotopic (exact) mass is 300 g/mol. The Kier molecular flexibility index (Phi) is 3.48. The highest BCUT2D eigenvalue weighted by Gasteiger charge is 2.10. The maximum absolute atomic E-state index is 12.5. The fourth-order valence-corrected chi connectivity index (χ4v) is 2.16. The number of aliphatic hydroxyl groups excluding tert-OH is 1. The van der Waals surface area contributed by atoms with Crippen molar-refractivity contribution in [1.29, 1.82) is 0 Å². The summed E-state index contributed by atoms with van der Waals surface area (Å²) in [6.07, 6.45) is 1.24. The van der Waals surface area contributed by atoms with Gasteiger partial charge in [0.25, 0.3) is 5.56 Å². The lowest BCUT2D eigenvalue weighted by molar-refractivity contribution is 0.0696. The lowest BCUT2D eigenvalue weighted by atomic mass is 10.2. The number of carboxylic acid groups (broad SMARTS) is 1. The Balaban J connectivity index is 2.24. The molecule has 0 radical (unpaired) electrons. The average molecular weight is 300 g/mol. The van der Waals surface area contributed by atoms with Crippen LogP contribution in [0.1, 0.15) is 10.4 Å².